The fourth-order valence-corrected chi connectivity index (χ4v) is 1.38. The lowest BCUT2D eigenvalue weighted by molar-refractivity contribution is 0.0946. The summed E-state index contributed by atoms with van der Waals surface area (Å²) in [5.41, 5.74) is 1.23. The van der Waals surface area contributed by atoms with E-state index >= 15 is 0 Å². The zero-order valence-electron chi connectivity index (χ0n) is 9.34. The molecule has 0 aliphatic heterocycles. The summed E-state index contributed by atoms with van der Waals surface area (Å²) in [7, 11) is 1.60. The maximum absolute atomic E-state index is 11.6. The second-order valence-corrected chi connectivity index (χ2v) is 3.41. The molecule has 1 N–H and O–H groups in total. The number of oxazole rings is 1. The molecule has 1 amide bonds. The Kier molecular flexibility index (Phi) is 3.40. The van der Waals surface area contributed by atoms with Crippen LogP contribution in [-0.2, 0) is 6.54 Å². The SMILES string of the molecule is COc1cccc(CNC(=O)c2cocn2)c1. The van der Waals surface area contributed by atoms with Gasteiger partial charge in [0.05, 0.1) is 7.11 Å². The van der Waals surface area contributed by atoms with E-state index in [2.05, 4.69) is 10.3 Å². The molecule has 2 aromatic rings. The summed E-state index contributed by atoms with van der Waals surface area (Å²) < 4.78 is 9.83. The van der Waals surface area contributed by atoms with Gasteiger partial charge in [-0.3, -0.25) is 4.79 Å². The molecule has 5 heteroatoms. The molecule has 0 saturated carbocycles. The highest BCUT2D eigenvalue weighted by Gasteiger charge is 2.07. The summed E-state index contributed by atoms with van der Waals surface area (Å²) in [6.07, 6.45) is 2.53. The van der Waals surface area contributed by atoms with Gasteiger partial charge < -0.3 is 14.5 Å². The van der Waals surface area contributed by atoms with Crippen molar-refractivity contribution < 1.29 is 13.9 Å². The van der Waals surface area contributed by atoms with Crippen molar-refractivity contribution in [3.8, 4) is 5.75 Å². The van der Waals surface area contributed by atoms with Gasteiger partial charge in [-0.1, -0.05) is 12.1 Å². The van der Waals surface area contributed by atoms with E-state index in [4.69, 9.17) is 9.15 Å². The third kappa shape index (κ3) is 2.84. The van der Waals surface area contributed by atoms with E-state index in [1.807, 2.05) is 24.3 Å². The van der Waals surface area contributed by atoms with Crippen LogP contribution in [0, 0.1) is 0 Å². The molecular weight excluding hydrogens is 220 g/mol. The molecule has 0 fully saturated rings. The third-order valence-corrected chi connectivity index (χ3v) is 2.25. The number of aromatic nitrogens is 1. The topological polar surface area (TPSA) is 64.4 Å². The number of methoxy groups -OCH3 is 1. The second-order valence-electron chi connectivity index (χ2n) is 3.41. The first-order chi connectivity index (χ1) is 8.29. The van der Waals surface area contributed by atoms with Crippen LogP contribution in [0.2, 0.25) is 0 Å². The Morgan fingerprint density at radius 3 is 3.12 bits per heavy atom. The Morgan fingerprint density at radius 1 is 1.53 bits per heavy atom. The Bertz CT molecular complexity index is 494. The number of hydrogen-bond acceptors (Lipinski definition) is 4. The molecule has 0 unspecified atom stereocenters. The van der Waals surface area contributed by atoms with E-state index in [0.717, 1.165) is 11.3 Å². The van der Waals surface area contributed by atoms with E-state index in [0.29, 0.717) is 6.54 Å². The van der Waals surface area contributed by atoms with Crippen molar-refractivity contribution in [2.24, 2.45) is 0 Å². The van der Waals surface area contributed by atoms with Crippen molar-refractivity contribution in [3.05, 3.63) is 48.2 Å². The Labute approximate surface area is 98.4 Å². The standard InChI is InChI=1S/C12H12N2O3/c1-16-10-4-2-3-9(5-10)6-13-12(15)11-7-17-8-14-11/h2-5,7-8H,6H2,1H3,(H,13,15). The van der Waals surface area contributed by atoms with Crippen LogP contribution < -0.4 is 10.1 Å². The maximum Gasteiger partial charge on any atom is 0.273 e. The third-order valence-electron chi connectivity index (χ3n) is 2.25. The van der Waals surface area contributed by atoms with Crippen LogP contribution in [0.4, 0.5) is 0 Å². The van der Waals surface area contributed by atoms with Gasteiger partial charge in [0.1, 0.15) is 12.0 Å². The number of ether oxygens (including phenoxy) is 1. The highest BCUT2D eigenvalue weighted by Crippen LogP contribution is 2.12. The van der Waals surface area contributed by atoms with Crippen molar-refractivity contribution in [2.45, 2.75) is 6.54 Å². The van der Waals surface area contributed by atoms with Gasteiger partial charge in [0.15, 0.2) is 12.1 Å². The maximum atomic E-state index is 11.6. The number of carbonyl (C=O) groups is 1. The molecule has 0 saturated heterocycles. The largest absolute Gasteiger partial charge is 0.497 e. The number of hydrogen-bond donors (Lipinski definition) is 1. The van der Waals surface area contributed by atoms with Crippen LogP contribution in [0.25, 0.3) is 0 Å². The molecule has 1 aromatic carbocycles. The van der Waals surface area contributed by atoms with Gasteiger partial charge >= 0.3 is 0 Å². The minimum absolute atomic E-state index is 0.262. The highest BCUT2D eigenvalue weighted by molar-refractivity contribution is 5.91. The predicted molar refractivity (Wildman–Crippen MR) is 60.7 cm³/mol. The van der Waals surface area contributed by atoms with E-state index in [1.165, 1.54) is 12.7 Å². The van der Waals surface area contributed by atoms with Crippen LogP contribution in [-0.4, -0.2) is 18.0 Å². The lowest BCUT2D eigenvalue weighted by Gasteiger charge is -2.05. The van der Waals surface area contributed by atoms with Gasteiger partial charge in [-0.25, -0.2) is 4.98 Å². The van der Waals surface area contributed by atoms with Gasteiger partial charge in [-0.2, -0.15) is 0 Å². The molecule has 0 atom stereocenters. The summed E-state index contributed by atoms with van der Waals surface area (Å²) in [6, 6.07) is 7.49. The number of nitrogens with one attached hydrogen (secondary N) is 1. The Balaban J connectivity index is 1.95. The summed E-state index contributed by atoms with van der Waals surface area (Å²) in [5.74, 6) is 0.500. The van der Waals surface area contributed by atoms with Gasteiger partial charge in [0.2, 0.25) is 0 Å². The molecule has 0 aliphatic carbocycles. The Morgan fingerprint density at radius 2 is 2.41 bits per heavy atom. The van der Waals surface area contributed by atoms with Crippen molar-refractivity contribution in [3.63, 3.8) is 0 Å². The Hall–Kier alpha value is -2.30. The number of benzene rings is 1. The molecule has 88 valence electrons. The fourth-order valence-electron chi connectivity index (χ4n) is 1.38. The summed E-state index contributed by atoms with van der Waals surface area (Å²) in [6.45, 7) is 0.420. The normalized spacial score (nSPS) is 9.94. The van der Waals surface area contributed by atoms with Gasteiger partial charge in [-0.15, -0.1) is 0 Å². The number of rotatable bonds is 4. The average molecular weight is 232 g/mol. The van der Waals surface area contributed by atoms with E-state index in [1.54, 1.807) is 7.11 Å². The fraction of sp³-hybridized carbons (Fsp3) is 0.167. The van der Waals surface area contributed by atoms with Crippen molar-refractivity contribution in [1.82, 2.24) is 10.3 Å². The zero-order valence-corrected chi connectivity index (χ0v) is 9.34. The minimum Gasteiger partial charge on any atom is -0.497 e. The average Bonchev–Trinajstić information content (AvgIpc) is 2.90. The number of nitrogens with zero attached hydrogens (tertiary/aromatic N) is 1. The van der Waals surface area contributed by atoms with Crippen LogP contribution in [0.5, 0.6) is 5.75 Å². The van der Waals surface area contributed by atoms with Crippen molar-refractivity contribution in [2.75, 3.05) is 7.11 Å². The first-order valence-electron chi connectivity index (χ1n) is 5.09. The molecule has 1 aromatic heterocycles. The van der Waals surface area contributed by atoms with E-state index in [-0.39, 0.29) is 11.6 Å². The highest BCUT2D eigenvalue weighted by atomic mass is 16.5. The van der Waals surface area contributed by atoms with Gasteiger partial charge in [-0.05, 0) is 17.7 Å². The van der Waals surface area contributed by atoms with Crippen LogP contribution in [0.1, 0.15) is 16.1 Å². The number of amides is 1. The quantitative estimate of drug-likeness (QED) is 0.869. The smallest absolute Gasteiger partial charge is 0.273 e. The summed E-state index contributed by atoms with van der Waals surface area (Å²) in [5, 5.41) is 2.74. The molecule has 1 heterocycles. The molecule has 0 bridgehead atoms. The van der Waals surface area contributed by atoms with Crippen molar-refractivity contribution >= 4 is 5.91 Å². The molecule has 17 heavy (non-hydrogen) atoms. The summed E-state index contributed by atoms with van der Waals surface area (Å²) in [4.78, 5) is 15.3. The first kappa shape index (κ1) is 11.2. The minimum atomic E-state index is -0.262. The molecule has 0 spiro atoms. The van der Waals surface area contributed by atoms with E-state index < -0.39 is 0 Å². The lowest BCUT2D eigenvalue weighted by atomic mass is 10.2. The lowest BCUT2D eigenvalue weighted by Crippen LogP contribution is -2.22. The molecule has 5 nitrogen and oxygen atoms in total. The van der Waals surface area contributed by atoms with Crippen molar-refractivity contribution in [1.29, 1.82) is 0 Å². The number of carbonyl (C=O) groups excluding carboxylic acids is 1. The van der Waals surface area contributed by atoms with Crippen LogP contribution in [0.15, 0.2) is 41.3 Å². The van der Waals surface area contributed by atoms with Crippen LogP contribution >= 0.6 is 0 Å². The van der Waals surface area contributed by atoms with E-state index in [9.17, 15) is 4.79 Å². The second kappa shape index (κ2) is 5.16. The molecule has 0 aliphatic rings. The molecule has 0 radical (unpaired) electrons. The molecule has 2 rings (SSSR count). The van der Waals surface area contributed by atoms with Gasteiger partial charge in [0.25, 0.3) is 5.91 Å². The first-order valence-corrected chi connectivity index (χ1v) is 5.09. The molecular formula is C12H12N2O3. The van der Waals surface area contributed by atoms with Crippen LogP contribution in [0.3, 0.4) is 0 Å². The van der Waals surface area contributed by atoms with Gasteiger partial charge in [0, 0.05) is 6.54 Å². The zero-order chi connectivity index (χ0) is 12.1. The monoisotopic (exact) mass is 232 g/mol. The predicted octanol–water partition coefficient (Wildman–Crippen LogP) is 1.61. The summed E-state index contributed by atoms with van der Waals surface area (Å²) >= 11 is 0.